The highest BCUT2D eigenvalue weighted by Gasteiger charge is 2.17. The number of hydrogen-bond acceptors (Lipinski definition) is 3. The van der Waals surface area contributed by atoms with Crippen molar-refractivity contribution in [2.75, 3.05) is 13.7 Å². The predicted molar refractivity (Wildman–Crippen MR) is 79.3 cm³/mol. The highest BCUT2D eigenvalue weighted by atomic mass is 16.5. The van der Waals surface area contributed by atoms with Gasteiger partial charge in [0.1, 0.15) is 5.75 Å². The van der Waals surface area contributed by atoms with Gasteiger partial charge in [0.05, 0.1) is 13.0 Å². The highest BCUT2D eigenvalue weighted by Crippen LogP contribution is 2.16. The molecule has 0 spiro atoms. The van der Waals surface area contributed by atoms with Crippen LogP contribution < -0.4 is 15.4 Å². The number of para-hydroxylation sites is 1. The molecule has 1 unspecified atom stereocenters. The zero-order valence-electron chi connectivity index (χ0n) is 12.4. The number of hydrogen-bond donors (Lipinski definition) is 3. The molecule has 21 heavy (non-hydrogen) atoms. The fourth-order valence-corrected chi connectivity index (χ4v) is 1.96. The summed E-state index contributed by atoms with van der Waals surface area (Å²) in [4.78, 5) is 22.7. The Morgan fingerprint density at radius 1 is 1.29 bits per heavy atom. The first kappa shape index (κ1) is 16.8. The summed E-state index contributed by atoms with van der Waals surface area (Å²) in [5.74, 6) is -0.735. The van der Waals surface area contributed by atoms with Crippen molar-refractivity contribution in [3.05, 3.63) is 29.8 Å². The van der Waals surface area contributed by atoms with E-state index in [0.29, 0.717) is 18.7 Å². The van der Waals surface area contributed by atoms with Gasteiger partial charge in [-0.25, -0.2) is 4.79 Å². The van der Waals surface area contributed by atoms with Gasteiger partial charge in [-0.05, 0) is 12.5 Å². The molecule has 0 aromatic heterocycles. The van der Waals surface area contributed by atoms with E-state index in [4.69, 9.17) is 9.84 Å². The SMILES string of the molecule is CCCC(CNC(=O)NCc1ccccc1OC)C(=O)O. The van der Waals surface area contributed by atoms with Gasteiger partial charge in [0.2, 0.25) is 0 Å². The van der Waals surface area contributed by atoms with Crippen molar-refractivity contribution in [2.24, 2.45) is 5.92 Å². The third-order valence-electron chi connectivity index (χ3n) is 3.13. The van der Waals surface area contributed by atoms with Crippen LogP contribution in [0.5, 0.6) is 5.75 Å². The van der Waals surface area contributed by atoms with E-state index in [1.54, 1.807) is 7.11 Å². The standard InChI is InChI=1S/C15H22N2O4/c1-3-6-12(14(18)19)10-17-15(20)16-9-11-7-4-5-8-13(11)21-2/h4-5,7-8,12H,3,6,9-10H2,1-2H3,(H,18,19)(H2,16,17,20). The van der Waals surface area contributed by atoms with E-state index in [2.05, 4.69) is 10.6 Å². The Balaban J connectivity index is 2.42. The Kier molecular flexibility index (Phi) is 7.08. The molecule has 0 saturated carbocycles. The molecule has 0 aliphatic carbocycles. The molecule has 0 aliphatic heterocycles. The number of nitrogens with one attached hydrogen (secondary N) is 2. The molecule has 0 bridgehead atoms. The van der Waals surface area contributed by atoms with Crippen molar-refractivity contribution < 1.29 is 19.4 Å². The summed E-state index contributed by atoms with van der Waals surface area (Å²) in [7, 11) is 1.57. The number of benzene rings is 1. The topological polar surface area (TPSA) is 87.7 Å². The van der Waals surface area contributed by atoms with Crippen LogP contribution >= 0.6 is 0 Å². The van der Waals surface area contributed by atoms with E-state index >= 15 is 0 Å². The Labute approximate surface area is 124 Å². The lowest BCUT2D eigenvalue weighted by atomic mass is 10.0. The van der Waals surface area contributed by atoms with E-state index in [0.717, 1.165) is 12.0 Å². The number of aliphatic carboxylic acids is 1. The zero-order chi connectivity index (χ0) is 15.7. The second-order valence-corrected chi connectivity index (χ2v) is 4.70. The van der Waals surface area contributed by atoms with Crippen molar-refractivity contribution in [2.45, 2.75) is 26.3 Å². The Morgan fingerprint density at radius 3 is 2.62 bits per heavy atom. The van der Waals surface area contributed by atoms with Crippen molar-refractivity contribution in [1.82, 2.24) is 10.6 Å². The fraction of sp³-hybridized carbons (Fsp3) is 0.467. The first-order valence-corrected chi connectivity index (χ1v) is 6.94. The van der Waals surface area contributed by atoms with Gasteiger partial charge in [-0.3, -0.25) is 4.79 Å². The monoisotopic (exact) mass is 294 g/mol. The second kappa shape index (κ2) is 8.84. The van der Waals surface area contributed by atoms with Crippen LogP contribution in [-0.2, 0) is 11.3 Å². The molecule has 6 nitrogen and oxygen atoms in total. The summed E-state index contributed by atoms with van der Waals surface area (Å²) < 4.78 is 5.19. The van der Waals surface area contributed by atoms with Crippen LogP contribution in [-0.4, -0.2) is 30.8 Å². The summed E-state index contributed by atoms with van der Waals surface area (Å²) in [6.07, 6.45) is 1.31. The molecule has 0 saturated heterocycles. The lowest BCUT2D eigenvalue weighted by Crippen LogP contribution is -2.39. The summed E-state index contributed by atoms with van der Waals surface area (Å²) in [5.41, 5.74) is 0.860. The molecule has 6 heteroatoms. The van der Waals surface area contributed by atoms with Gasteiger partial charge in [-0.1, -0.05) is 31.5 Å². The van der Waals surface area contributed by atoms with Crippen LogP contribution in [0.3, 0.4) is 0 Å². The minimum Gasteiger partial charge on any atom is -0.496 e. The molecule has 2 amide bonds. The van der Waals surface area contributed by atoms with Crippen molar-refractivity contribution in [3.8, 4) is 5.75 Å². The van der Waals surface area contributed by atoms with Crippen molar-refractivity contribution in [3.63, 3.8) is 0 Å². The van der Waals surface area contributed by atoms with Gasteiger partial charge in [0.15, 0.2) is 0 Å². The van der Waals surface area contributed by atoms with Crippen LogP contribution in [0.2, 0.25) is 0 Å². The molecule has 0 aliphatic rings. The summed E-state index contributed by atoms with van der Waals surface area (Å²) >= 11 is 0. The van der Waals surface area contributed by atoms with E-state index in [9.17, 15) is 9.59 Å². The molecule has 1 atom stereocenters. The summed E-state index contributed by atoms with van der Waals surface area (Å²) in [6, 6.07) is 7.00. The fourth-order valence-electron chi connectivity index (χ4n) is 1.96. The maximum Gasteiger partial charge on any atom is 0.315 e. The highest BCUT2D eigenvalue weighted by molar-refractivity contribution is 5.75. The molecule has 1 aromatic rings. The molecular formula is C15H22N2O4. The van der Waals surface area contributed by atoms with Crippen molar-refractivity contribution in [1.29, 1.82) is 0 Å². The lowest BCUT2D eigenvalue weighted by Gasteiger charge is -2.13. The van der Waals surface area contributed by atoms with Gasteiger partial charge in [-0.15, -0.1) is 0 Å². The van der Waals surface area contributed by atoms with E-state index in [1.165, 1.54) is 0 Å². The van der Waals surface area contributed by atoms with Gasteiger partial charge >= 0.3 is 12.0 Å². The van der Waals surface area contributed by atoms with Crippen LogP contribution in [0.25, 0.3) is 0 Å². The van der Waals surface area contributed by atoms with Gasteiger partial charge in [0.25, 0.3) is 0 Å². The van der Waals surface area contributed by atoms with E-state index in [1.807, 2.05) is 31.2 Å². The van der Waals surface area contributed by atoms with E-state index in [-0.39, 0.29) is 12.6 Å². The van der Waals surface area contributed by atoms with Crippen molar-refractivity contribution >= 4 is 12.0 Å². The van der Waals surface area contributed by atoms with Crippen LogP contribution in [0.1, 0.15) is 25.3 Å². The van der Waals surface area contributed by atoms with Crippen LogP contribution in [0, 0.1) is 5.92 Å². The number of rotatable bonds is 8. The molecule has 0 radical (unpaired) electrons. The summed E-state index contributed by atoms with van der Waals surface area (Å²) in [5, 5.41) is 14.3. The molecule has 116 valence electrons. The molecule has 0 heterocycles. The number of ether oxygens (including phenoxy) is 1. The van der Waals surface area contributed by atoms with E-state index < -0.39 is 11.9 Å². The van der Waals surface area contributed by atoms with Gasteiger partial charge < -0.3 is 20.5 Å². The number of carbonyl (C=O) groups excluding carboxylic acids is 1. The average Bonchev–Trinajstić information content (AvgIpc) is 2.49. The molecule has 0 fully saturated rings. The number of carboxylic acids is 1. The normalized spacial score (nSPS) is 11.5. The minimum atomic E-state index is -0.887. The summed E-state index contributed by atoms with van der Waals surface area (Å²) in [6.45, 7) is 2.36. The van der Waals surface area contributed by atoms with Gasteiger partial charge in [-0.2, -0.15) is 0 Å². The number of carbonyl (C=O) groups is 2. The largest absolute Gasteiger partial charge is 0.496 e. The van der Waals surface area contributed by atoms with Crippen LogP contribution in [0.15, 0.2) is 24.3 Å². The van der Waals surface area contributed by atoms with Gasteiger partial charge in [0, 0.05) is 18.7 Å². The smallest absolute Gasteiger partial charge is 0.315 e. The first-order valence-electron chi connectivity index (χ1n) is 6.94. The first-order chi connectivity index (χ1) is 10.1. The third kappa shape index (κ3) is 5.72. The number of carboxylic acid groups (broad SMARTS) is 1. The molecular weight excluding hydrogens is 272 g/mol. The maximum absolute atomic E-state index is 11.7. The maximum atomic E-state index is 11.7. The Hall–Kier alpha value is -2.24. The third-order valence-corrected chi connectivity index (χ3v) is 3.13. The Morgan fingerprint density at radius 2 is 2.00 bits per heavy atom. The van der Waals surface area contributed by atoms with Crippen LogP contribution in [0.4, 0.5) is 4.79 Å². The molecule has 1 aromatic carbocycles. The quantitative estimate of drug-likeness (QED) is 0.684. The number of amides is 2. The molecule has 3 N–H and O–H groups in total. The second-order valence-electron chi connectivity index (χ2n) is 4.70. The zero-order valence-corrected chi connectivity index (χ0v) is 12.4. The predicted octanol–water partition coefficient (Wildman–Crippen LogP) is 2.00. The molecule has 1 rings (SSSR count). The minimum absolute atomic E-state index is 0.126. The number of urea groups is 1. The average molecular weight is 294 g/mol. The number of methoxy groups -OCH3 is 1. The lowest BCUT2D eigenvalue weighted by molar-refractivity contribution is -0.141. The Bertz CT molecular complexity index is 476.